The van der Waals surface area contributed by atoms with Gasteiger partial charge in [-0.1, -0.05) is 54.7 Å². The molecule has 0 aromatic rings. The lowest BCUT2D eigenvalue weighted by molar-refractivity contribution is 1.28. The largest absolute Gasteiger partial charge is 0.0844 e. The number of hydrogen-bond donors (Lipinski definition) is 0. The Balaban J connectivity index is 2.49. The molecule has 67 valence electrons. The standard InChI is InChI=1S/C13H15/c1-2-4-6-8-10-12-13-11-9-7-5-3-1/h1-3,6-9,12-13H,4,10-11H2/b2-1-,5-3?,8-6-,9-7+,13-12-. The van der Waals surface area contributed by atoms with Gasteiger partial charge in [-0.05, 0) is 25.3 Å². The van der Waals surface area contributed by atoms with Gasteiger partial charge in [0.2, 0.25) is 0 Å². The van der Waals surface area contributed by atoms with E-state index in [4.69, 9.17) is 0 Å². The fraction of sp³-hybridized carbons (Fsp3) is 0.231. The molecule has 1 aliphatic carbocycles. The summed E-state index contributed by atoms with van der Waals surface area (Å²) in [6.45, 7) is 0. The van der Waals surface area contributed by atoms with Crippen molar-refractivity contribution in [1.29, 1.82) is 0 Å². The summed E-state index contributed by atoms with van der Waals surface area (Å²) in [6, 6.07) is 0. The van der Waals surface area contributed by atoms with Gasteiger partial charge in [-0.25, -0.2) is 0 Å². The molecule has 0 aromatic heterocycles. The third-order valence-corrected chi connectivity index (χ3v) is 1.69. The zero-order valence-corrected chi connectivity index (χ0v) is 7.82. The first kappa shape index (κ1) is 9.79. The van der Waals surface area contributed by atoms with Gasteiger partial charge in [0.1, 0.15) is 0 Å². The van der Waals surface area contributed by atoms with Crippen molar-refractivity contribution in [3.05, 3.63) is 60.8 Å². The maximum Gasteiger partial charge on any atom is -0.0166 e. The molecule has 0 aromatic carbocycles. The Kier molecular flexibility index (Phi) is 5.54. The molecule has 1 aliphatic rings. The second-order valence-electron chi connectivity index (χ2n) is 2.81. The first-order valence-corrected chi connectivity index (χ1v) is 4.69. The van der Waals surface area contributed by atoms with Crippen LogP contribution in [0.4, 0.5) is 0 Å². The van der Waals surface area contributed by atoms with Crippen LogP contribution in [0.5, 0.6) is 0 Å². The summed E-state index contributed by atoms with van der Waals surface area (Å²) in [5.41, 5.74) is 0. The quantitative estimate of drug-likeness (QED) is 0.487. The Morgan fingerprint density at radius 2 is 1.31 bits per heavy atom. The third-order valence-electron chi connectivity index (χ3n) is 1.69. The van der Waals surface area contributed by atoms with Gasteiger partial charge in [-0.3, -0.25) is 0 Å². The highest BCUT2D eigenvalue weighted by atomic mass is 13.8. The molecule has 0 N–H and O–H groups in total. The lowest BCUT2D eigenvalue weighted by Crippen LogP contribution is -1.61. The molecule has 13 heavy (non-hydrogen) atoms. The SMILES string of the molecule is [C]1=C/C=C\C/C=C\C/C=C\C/C=C/1. The van der Waals surface area contributed by atoms with E-state index < -0.39 is 0 Å². The van der Waals surface area contributed by atoms with Gasteiger partial charge in [0.15, 0.2) is 0 Å². The minimum absolute atomic E-state index is 0.998. The minimum atomic E-state index is 0.998. The first-order valence-electron chi connectivity index (χ1n) is 4.69. The van der Waals surface area contributed by atoms with Crippen LogP contribution in [0.1, 0.15) is 19.3 Å². The molecule has 0 bridgehead atoms. The van der Waals surface area contributed by atoms with Crippen LogP contribution >= 0.6 is 0 Å². The Labute approximate surface area is 80.7 Å². The van der Waals surface area contributed by atoms with Crippen LogP contribution < -0.4 is 0 Å². The molecule has 0 saturated carbocycles. The van der Waals surface area contributed by atoms with E-state index in [1.807, 2.05) is 18.2 Å². The Morgan fingerprint density at radius 3 is 2.08 bits per heavy atom. The van der Waals surface area contributed by atoms with E-state index in [0.29, 0.717) is 0 Å². The second kappa shape index (κ2) is 7.35. The van der Waals surface area contributed by atoms with Crippen LogP contribution in [0, 0.1) is 6.08 Å². The monoisotopic (exact) mass is 171 g/mol. The number of hydrogen-bond acceptors (Lipinski definition) is 0. The molecule has 0 fully saturated rings. The van der Waals surface area contributed by atoms with E-state index in [1.54, 1.807) is 0 Å². The van der Waals surface area contributed by atoms with Crippen molar-refractivity contribution in [2.45, 2.75) is 19.3 Å². The van der Waals surface area contributed by atoms with Gasteiger partial charge in [-0.2, -0.15) is 0 Å². The molecule has 0 nitrogen and oxygen atoms in total. The summed E-state index contributed by atoms with van der Waals surface area (Å²) >= 11 is 0. The summed E-state index contributed by atoms with van der Waals surface area (Å²) in [4.78, 5) is 0. The van der Waals surface area contributed by atoms with E-state index in [9.17, 15) is 0 Å². The molecule has 0 saturated heterocycles. The van der Waals surface area contributed by atoms with Gasteiger partial charge >= 0.3 is 0 Å². The highest BCUT2D eigenvalue weighted by Crippen LogP contribution is 1.95. The zero-order chi connectivity index (χ0) is 9.19. The van der Waals surface area contributed by atoms with Crippen molar-refractivity contribution >= 4 is 0 Å². The average Bonchev–Trinajstić information content (AvgIpc) is 2.18. The maximum absolute atomic E-state index is 3.07. The van der Waals surface area contributed by atoms with Crippen molar-refractivity contribution in [2.24, 2.45) is 0 Å². The molecule has 0 aliphatic heterocycles. The summed E-state index contributed by atoms with van der Waals surface area (Å²) in [6.07, 6.45) is 25.0. The molecule has 1 radical (unpaired) electrons. The van der Waals surface area contributed by atoms with E-state index in [1.165, 1.54) is 0 Å². The summed E-state index contributed by atoms with van der Waals surface area (Å²) < 4.78 is 0. The Morgan fingerprint density at radius 1 is 0.692 bits per heavy atom. The van der Waals surface area contributed by atoms with E-state index in [2.05, 4.69) is 42.5 Å². The Bertz CT molecular complexity index is 223. The van der Waals surface area contributed by atoms with Gasteiger partial charge in [0.05, 0.1) is 0 Å². The van der Waals surface area contributed by atoms with Gasteiger partial charge in [0, 0.05) is 0 Å². The fourth-order valence-corrected chi connectivity index (χ4v) is 1.01. The van der Waals surface area contributed by atoms with Crippen LogP contribution in [0.25, 0.3) is 0 Å². The molecule has 0 unspecified atom stereocenters. The smallest absolute Gasteiger partial charge is 0.0166 e. The first-order chi connectivity index (χ1) is 6.50. The van der Waals surface area contributed by atoms with Crippen molar-refractivity contribution in [3.8, 4) is 0 Å². The summed E-state index contributed by atoms with van der Waals surface area (Å²) in [7, 11) is 0. The molecule has 1 rings (SSSR count). The van der Waals surface area contributed by atoms with Crippen LogP contribution in [0.3, 0.4) is 0 Å². The molecule has 0 spiro atoms. The predicted molar refractivity (Wildman–Crippen MR) is 58.2 cm³/mol. The summed E-state index contributed by atoms with van der Waals surface area (Å²) in [5.74, 6) is 0. The van der Waals surface area contributed by atoms with Crippen LogP contribution in [-0.2, 0) is 0 Å². The molecular formula is C13H15. The molecule has 0 heterocycles. The van der Waals surface area contributed by atoms with E-state index >= 15 is 0 Å². The van der Waals surface area contributed by atoms with Gasteiger partial charge in [-0.15, -0.1) is 0 Å². The highest BCUT2D eigenvalue weighted by Gasteiger charge is 1.74. The van der Waals surface area contributed by atoms with Crippen molar-refractivity contribution in [3.63, 3.8) is 0 Å². The topological polar surface area (TPSA) is 0 Å². The van der Waals surface area contributed by atoms with E-state index in [-0.39, 0.29) is 0 Å². The van der Waals surface area contributed by atoms with Gasteiger partial charge in [0.25, 0.3) is 0 Å². The van der Waals surface area contributed by atoms with Crippen LogP contribution in [0.2, 0.25) is 0 Å². The average molecular weight is 171 g/mol. The van der Waals surface area contributed by atoms with E-state index in [0.717, 1.165) is 19.3 Å². The van der Waals surface area contributed by atoms with Gasteiger partial charge < -0.3 is 0 Å². The zero-order valence-electron chi connectivity index (χ0n) is 7.82. The van der Waals surface area contributed by atoms with Crippen molar-refractivity contribution < 1.29 is 0 Å². The lowest BCUT2D eigenvalue weighted by Gasteiger charge is -1.82. The number of rotatable bonds is 0. The van der Waals surface area contributed by atoms with Crippen LogP contribution in [0.15, 0.2) is 54.7 Å². The highest BCUT2D eigenvalue weighted by molar-refractivity contribution is 5.09. The molecular weight excluding hydrogens is 156 g/mol. The lowest BCUT2D eigenvalue weighted by atomic mass is 10.3. The van der Waals surface area contributed by atoms with Crippen molar-refractivity contribution in [2.75, 3.05) is 0 Å². The molecule has 0 atom stereocenters. The molecule has 0 heteroatoms. The second-order valence-corrected chi connectivity index (χ2v) is 2.81. The summed E-state index contributed by atoms with van der Waals surface area (Å²) in [5, 5.41) is 0. The molecule has 0 amide bonds. The Hall–Kier alpha value is -1.30. The number of allylic oxidation sites excluding steroid dienone is 10. The maximum atomic E-state index is 3.07. The minimum Gasteiger partial charge on any atom is -0.0844 e. The van der Waals surface area contributed by atoms with Crippen molar-refractivity contribution in [1.82, 2.24) is 0 Å². The third kappa shape index (κ3) is 5.92. The normalized spacial score (nSPS) is 30.2. The fourth-order valence-electron chi connectivity index (χ4n) is 1.01. The van der Waals surface area contributed by atoms with Crippen LogP contribution in [-0.4, -0.2) is 0 Å². The predicted octanol–water partition coefficient (Wildman–Crippen LogP) is 3.75.